The summed E-state index contributed by atoms with van der Waals surface area (Å²) in [6.07, 6.45) is 0. The number of nitrogens with one attached hydrogen (secondary N) is 1. The Morgan fingerprint density at radius 2 is 1.63 bits per heavy atom. The van der Waals surface area contributed by atoms with Crippen molar-refractivity contribution in [1.82, 2.24) is 9.29 Å². The molecule has 0 aliphatic carbocycles. The standard InChI is InChI=1S/C21H22N2O3S/c1-15-13-19(16(2)23(15)20-7-5-4-6-8-20)14-22-27(25,26)21-11-9-18(10-12-21)17(3)24/h4-13,22H,14H2,1-3H3. The lowest BCUT2D eigenvalue weighted by atomic mass is 10.2. The third kappa shape index (κ3) is 4.02. The zero-order chi connectivity index (χ0) is 19.6. The Morgan fingerprint density at radius 3 is 2.22 bits per heavy atom. The van der Waals surface area contributed by atoms with Crippen LogP contribution in [0.15, 0.2) is 65.6 Å². The van der Waals surface area contributed by atoms with E-state index >= 15 is 0 Å². The summed E-state index contributed by atoms with van der Waals surface area (Å²) in [5.74, 6) is -0.0970. The van der Waals surface area contributed by atoms with Crippen molar-refractivity contribution in [2.75, 3.05) is 0 Å². The molecule has 0 saturated heterocycles. The smallest absolute Gasteiger partial charge is 0.240 e. The third-order valence-electron chi connectivity index (χ3n) is 4.57. The lowest BCUT2D eigenvalue weighted by Crippen LogP contribution is -2.23. The Bertz CT molecular complexity index is 1070. The maximum atomic E-state index is 12.6. The summed E-state index contributed by atoms with van der Waals surface area (Å²) in [6.45, 7) is 5.62. The van der Waals surface area contributed by atoms with Crippen LogP contribution in [0.5, 0.6) is 0 Å². The molecule has 140 valence electrons. The Morgan fingerprint density at radius 1 is 1.00 bits per heavy atom. The van der Waals surface area contributed by atoms with Crippen LogP contribution in [-0.4, -0.2) is 18.8 Å². The highest BCUT2D eigenvalue weighted by Crippen LogP contribution is 2.21. The van der Waals surface area contributed by atoms with E-state index in [1.807, 2.05) is 50.2 Å². The molecule has 5 nitrogen and oxygen atoms in total. The van der Waals surface area contributed by atoms with E-state index in [9.17, 15) is 13.2 Å². The van der Waals surface area contributed by atoms with Gasteiger partial charge < -0.3 is 4.57 Å². The van der Waals surface area contributed by atoms with Crippen LogP contribution < -0.4 is 4.72 Å². The van der Waals surface area contributed by atoms with E-state index in [0.717, 1.165) is 22.6 Å². The summed E-state index contributed by atoms with van der Waals surface area (Å²) in [5.41, 5.74) is 4.48. The van der Waals surface area contributed by atoms with Crippen molar-refractivity contribution in [3.63, 3.8) is 0 Å². The monoisotopic (exact) mass is 382 g/mol. The molecular formula is C21H22N2O3S. The van der Waals surface area contributed by atoms with E-state index in [-0.39, 0.29) is 17.2 Å². The third-order valence-corrected chi connectivity index (χ3v) is 5.99. The minimum atomic E-state index is -3.66. The van der Waals surface area contributed by atoms with E-state index in [1.54, 1.807) is 0 Å². The van der Waals surface area contributed by atoms with Gasteiger partial charge in [-0.2, -0.15) is 0 Å². The van der Waals surface area contributed by atoms with Crippen molar-refractivity contribution in [1.29, 1.82) is 0 Å². The van der Waals surface area contributed by atoms with Gasteiger partial charge >= 0.3 is 0 Å². The molecule has 0 aliphatic heterocycles. The minimum absolute atomic E-state index is 0.0970. The van der Waals surface area contributed by atoms with Crippen LogP contribution in [-0.2, 0) is 16.6 Å². The largest absolute Gasteiger partial charge is 0.318 e. The van der Waals surface area contributed by atoms with Gasteiger partial charge in [-0.05, 0) is 56.7 Å². The summed E-state index contributed by atoms with van der Waals surface area (Å²) in [7, 11) is -3.66. The van der Waals surface area contributed by atoms with Crippen LogP contribution in [0.1, 0.15) is 34.2 Å². The molecule has 0 bridgehead atoms. The molecule has 27 heavy (non-hydrogen) atoms. The maximum absolute atomic E-state index is 12.6. The van der Waals surface area contributed by atoms with Crippen molar-refractivity contribution in [3.8, 4) is 5.69 Å². The summed E-state index contributed by atoms with van der Waals surface area (Å²) in [6, 6.07) is 17.9. The van der Waals surface area contributed by atoms with Crippen molar-refractivity contribution in [2.45, 2.75) is 32.2 Å². The van der Waals surface area contributed by atoms with Crippen LogP contribution in [0.2, 0.25) is 0 Å². The van der Waals surface area contributed by atoms with Crippen molar-refractivity contribution >= 4 is 15.8 Å². The zero-order valence-corrected chi connectivity index (χ0v) is 16.4. The van der Waals surface area contributed by atoms with E-state index in [2.05, 4.69) is 9.29 Å². The van der Waals surface area contributed by atoms with Crippen molar-refractivity contribution in [2.24, 2.45) is 0 Å². The summed E-state index contributed by atoms with van der Waals surface area (Å²) in [4.78, 5) is 11.5. The molecule has 0 fully saturated rings. The number of hydrogen-bond donors (Lipinski definition) is 1. The molecule has 0 atom stereocenters. The molecule has 1 aromatic heterocycles. The molecule has 1 N–H and O–H groups in total. The SMILES string of the molecule is CC(=O)c1ccc(S(=O)(=O)NCc2cc(C)n(-c3ccccc3)c2C)cc1. The lowest BCUT2D eigenvalue weighted by molar-refractivity contribution is 0.101. The number of hydrogen-bond acceptors (Lipinski definition) is 3. The number of nitrogens with zero attached hydrogens (tertiary/aromatic N) is 1. The molecule has 0 saturated carbocycles. The molecule has 3 aromatic rings. The molecule has 0 spiro atoms. The summed E-state index contributed by atoms with van der Waals surface area (Å²) >= 11 is 0. The number of rotatable bonds is 6. The highest BCUT2D eigenvalue weighted by molar-refractivity contribution is 7.89. The molecule has 3 rings (SSSR count). The van der Waals surface area contributed by atoms with Gasteiger partial charge in [0.2, 0.25) is 10.0 Å². The van der Waals surface area contributed by atoms with E-state index in [4.69, 9.17) is 0 Å². The van der Waals surface area contributed by atoms with Gasteiger partial charge in [0, 0.05) is 29.2 Å². The second-order valence-electron chi connectivity index (χ2n) is 6.47. The second kappa shape index (κ2) is 7.50. The number of ketones is 1. The number of aryl methyl sites for hydroxylation is 1. The summed E-state index contributed by atoms with van der Waals surface area (Å²) in [5, 5.41) is 0. The van der Waals surface area contributed by atoms with Gasteiger partial charge in [-0.3, -0.25) is 4.79 Å². The normalized spacial score (nSPS) is 11.5. The molecule has 6 heteroatoms. The van der Waals surface area contributed by atoms with Crippen LogP contribution in [0.25, 0.3) is 5.69 Å². The van der Waals surface area contributed by atoms with Crippen LogP contribution in [0.3, 0.4) is 0 Å². The first-order chi connectivity index (χ1) is 12.8. The number of benzene rings is 2. The Hall–Kier alpha value is -2.70. The number of para-hydroxylation sites is 1. The minimum Gasteiger partial charge on any atom is -0.318 e. The zero-order valence-electron chi connectivity index (χ0n) is 15.6. The Kier molecular flexibility index (Phi) is 5.30. The summed E-state index contributed by atoms with van der Waals surface area (Å²) < 4.78 is 29.9. The lowest BCUT2D eigenvalue weighted by Gasteiger charge is -2.10. The van der Waals surface area contributed by atoms with Gasteiger partial charge in [-0.15, -0.1) is 0 Å². The highest BCUT2D eigenvalue weighted by Gasteiger charge is 2.17. The number of carbonyl (C=O) groups excluding carboxylic acids is 1. The number of sulfonamides is 1. The Balaban J connectivity index is 1.81. The molecule has 1 heterocycles. The number of carbonyl (C=O) groups is 1. The fourth-order valence-corrected chi connectivity index (χ4v) is 4.11. The van der Waals surface area contributed by atoms with Crippen LogP contribution in [0, 0.1) is 13.8 Å². The van der Waals surface area contributed by atoms with Gasteiger partial charge in [-0.1, -0.05) is 30.3 Å². The van der Waals surface area contributed by atoms with E-state index < -0.39 is 10.0 Å². The first-order valence-corrected chi connectivity index (χ1v) is 10.1. The second-order valence-corrected chi connectivity index (χ2v) is 8.24. The quantitative estimate of drug-likeness (QED) is 0.660. The van der Waals surface area contributed by atoms with Gasteiger partial charge in [0.05, 0.1) is 4.90 Å². The Labute approximate surface area is 159 Å². The average Bonchev–Trinajstić information content (AvgIpc) is 2.94. The van der Waals surface area contributed by atoms with Crippen molar-refractivity contribution in [3.05, 3.63) is 83.2 Å². The van der Waals surface area contributed by atoms with Crippen LogP contribution in [0.4, 0.5) is 0 Å². The molecule has 2 aromatic carbocycles. The first-order valence-electron chi connectivity index (χ1n) is 8.63. The predicted octanol–water partition coefficient (Wildman–Crippen LogP) is 3.78. The number of Topliss-reactive ketones (excluding diaryl/α,β-unsaturated/α-hetero) is 1. The van der Waals surface area contributed by atoms with Gasteiger partial charge in [0.25, 0.3) is 0 Å². The molecular weight excluding hydrogens is 360 g/mol. The fraction of sp³-hybridized carbons (Fsp3) is 0.190. The maximum Gasteiger partial charge on any atom is 0.240 e. The molecule has 0 amide bonds. The van der Waals surface area contributed by atoms with Gasteiger partial charge in [-0.25, -0.2) is 13.1 Å². The predicted molar refractivity (Wildman–Crippen MR) is 106 cm³/mol. The first kappa shape index (κ1) is 19.1. The molecule has 0 radical (unpaired) electrons. The average molecular weight is 382 g/mol. The topological polar surface area (TPSA) is 68.2 Å². The molecule has 0 aliphatic rings. The fourth-order valence-electron chi connectivity index (χ4n) is 3.11. The van der Waals surface area contributed by atoms with E-state index in [0.29, 0.717) is 5.56 Å². The highest BCUT2D eigenvalue weighted by atomic mass is 32.2. The number of aromatic nitrogens is 1. The van der Waals surface area contributed by atoms with E-state index in [1.165, 1.54) is 31.2 Å². The van der Waals surface area contributed by atoms with Crippen molar-refractivity contribution < 1.29 is 13.2 Å². The van der Waals surface area contributed by atoms with Crippen LogP contribution >= 0.6 is 0 Å². The molecule has 0 unspecified atom stereocenters. The van der Waals surface area contributed by atoms with Gasteiger partial charge in [0.1, 0.15) is 0 Å². The van der Waals surface area contributed by atoms with Gasteiger partial charge in [0.15, 0.2) is 5.78 Å².